The number of carbonyl (C=O) groups is 6. The first-order valence-electron chi connectivity index (χ1n) is 22.8. The fourth-order valence-electron chi connectivity index (χ4n) is 12.0. The lowest BCUT2D eigenvalue weighted by Gasteiger charge is -2.56. The molecule has 344 valence electrons. The molecule has 0 bridgehead atoms. The maximum absolute atomic E-state index is 14.7. The van der Waals surface area contributed by atoms with E-state index in [9.17, 15) is 39.0 Å². The molecule has 4 aliphatic carbocycles. The predicted molar refractivity (Wildman–Crippen MR) is 239 cm³/mol. The number of phenolic OH excluding ortho intramolecular Hbond substituents is 1. The van der Waals surface area contributed by atoms with Crippen molar-refractivity contribution in [2.45, 2.75) is 148 Å². The van der Waals surface area contributed by atoms with Crippen molar-refractivity contribution in [3.63, 3.8) is 0 Å². The van der Waals surface area contributed by atoms with E-state index in [1.54, 1.807) is 26.0 Å². The summed E-state index contributed by atoms with van der Waals surface area (Å²) in [6.45, 7) is 11.4. The first-order valence-corrected chi connectivity index (χ1v) is 22.8. The number of anilines is 1. The minimum atomic E-state index is -1.36. The van der Waals surface area contributed by atoms with Crippen molar-refractivity contribution in [3.8, 4) is 5.75 Å². The molecule has 9 atom stereocenters. The molecule has 0 aromatic heterocycles. The molecular weight excluding hydrogens is 803 g/mol. The van der Waals surface area contributed by atoms with Gasteiger partial charge in [0.25, 0.3) is 0 Å². The Labute approximate surface area is 371 Å². The molecule has 0 spiro atoms. The molecule has 15 nitrogen and oxygen atoms in total. The normalized spacial score (nSPS) is 28.7. The van der Waals surface area contributed by atoms with E-state index in [-0.39, 0.29) is 60.1 Å². The first-order chi connectivity index (χ1) is 29.7. The number of amides is 7. The Balaban J connectivity index is 1.16. The second-order valence-corrected chi connectivity index (χ2v) is 20.1. The highest BCUT2D eigenvalue weighted by molar-refractivity contribution is 6.01. The van der Waals surface area contributed by atoms with Crippen LogP contribution >= 0.6 is 0 Å². The van der Waals surface area contributed by atoms with Crippen molar-refractivity contribution >= 4 is 41.3 Å². The van der Waals surface area contributed by atoms with E-state index in [1.165, 1.54) is 5.56 Å². The number of aliphatic hydroxyl groups excluding tert-OH is 1. The number of imide groups is 1. The summed E-state index contributed by atoms with van der Waals surface area (Å²) in [5.41, 5.74) is 13.7. The van der Waals surface area contributed by atoms with Gasteiger partial charge in [0.1, 0.15) is 17.8 Å². The van der Waals surface area contributed by atoms with Crippen molar-refractivity contribution < 1.29 is 39.0 Å². The number of fused-ring (bicyclic) bond motifs is 6. The lowest BCUT2D eigenvalue weighted by atomic mass is 9.49. The summed E-state index contributed by atoms with van der Waals surface area (Å²) in [6, 6.07) is 7.19. The molecule has 0 radical (unpaired) electrons. The third kappa shape index (κ3) is 9.31. The molecule has 11 N–H and O–H groups in total. The van der Waals surface area contributed by atoms with E-state index in [4.69, 9.17) is 11.5 Å². The van der Waals surface area contributed by atoms with Gasteiger partial charge in [0.2, 0.25) is 29.5 Å². The van der Waals surface area contributed by atoms with Crippen molar-refractivity contribution in [3.05, 3.63) is 58.7 Å². The Kier molecular flexibility index (Phi) is 14.0. The molecule has 2 fully saturated rings. The number of carbonyl (C=O) groups excluding carboxylic acids is 6. The van der Waals surface area contributed by atoms with Crippen LogP contribution in [0.15, 0.2) is 36.4 Å². The van der Waals surface area contributed by atoms with Crippen molar-refractivity contribution in [2.24, 2.45) is 40.1 Å². The summed E-state index contributed by atoms with van der Waals surface area (Å²) in [5.74, 6) is -2.47. The van der Waals surface area contributed by atoms with Crippen LogP contribution in [0, 0.1) is 28.6 Å². The van der Waals surface area contributed by atoms with Crippen LogP contribution in [0.4, 0.5) is 10.5 Å². The van der Waals surface area contributed by atoms with Crippen LogP contribution in [0.2, 0.25) is 0 Å². The zero-order chi connectivity index (χ0) is 46.1. The van der Waals surface area contributed by atoms with Crippen LogP contribution in [0.5, 0.6) is 5.75 Å². The molecule has 7 amide bonds. The summed E-state index contributed by atoms with van der Waals surface area (Å²) in [5, 5.41) is 34.2. The molecule has 0 aliphatic heterocycles. The molecule has 0 heterocycles. The summed E-state index contributed by atoms with van der Waals surface area (Å²) in [7, 11) is 0. The molecule has 2 aromatic carbocycles. The van der Waals surface area contributed by atoms with E-state index in [0.717, 1.165) is 61.6 Å². The van der Waals surface area contributed by atoms with Gasteiger partial charge in [-0.25, -0.2) is 4.79 Å². The van der Waals surface area contributed by atoms with Gasteiger partial charge in [0, 0.05) is 12.2 Å². The smallest absolute Gasteiger partial charge is 0.312 e. The quantitative estimate of drug-likeness (QED) is 0.0978. The number of primary amides is 1. The summed E-state index contributed by atoms with van der Waals surface area (Å²) in [6.07, 6.45) is 8.11. The Bertz CT molecular complexity index is 2110. The maximum atomic E-state index is 14.7. The minimum Gasteiger partial charge on any atom is -0.508 e. The van der Waals surface area contributed by atoms with E-state index in [1.807, 2.05) is 38.1 Å². The average Bonchev–Trinajstić information content (AvgIpc) is 3.23. The summed E-state index contributed by atoms with van der Waals surface area (Å²) < 4.78 is 0. The molecule has 2 saturated carbocycles. The third-order valence-corrected chi connectivity index (χ3v) is 15.7. The second-order valence-electron chi connectivity index (χ2n) is 20.1. The van der Waals surface area contributed by atoms with Crippen molar-refractivity contribution in [1.82, 2.24) is 21.3 Å². The van der Waals surface area contributed by atoms with Crippen LogP contribution in [0.1, 0.15) is 128 Å². The van der Waals surface area contributed by atoms with E-state index < -0.39 is 64.7 Å². The van der Waals surface area contributed by atoms with Crippen molar-refractivity contribution in [2.75, 3.05) is 18.5 Å². The molecule has 63 heavy (non-hydrogen) atoms. The van der Waals surface area contributed by atoms with Crippen LogP contribution in [-0.4, -0.2) is 77.1 Å². The number of rotatable bonds is 14. The molecule has 4 aliphatic rings. The number of nitrogens with one attached hydrogen (secondary N) is 5. The predicted octanol–water partition coefficient (Wildman–Crippen LogP) is 4.09. The average molecular weight is 872 g/mol. The number of benzene rings is 2. The monoisotopic (exact) mass is 872 g/mol. The van der Waals surface area contributed by atoms with Gasteiger partial charge in [-0.2, -0.15) is 0 Å². The number of aromatic hydroxyl groups is 1. The number of aliphatic hydroxyl groups is 1. The van der Waals surface area contributed by atoms with E-state index in [2.05, 4.69) is 40.4 Å². The van der Waals surface area contributed by atoms with E-state index in [0.29, 0.717) is 24.9 Å². The molecular formula is C48H69N7O8. The van der Waals surface area contributed by atoms with E-state index >= 15 is 0 Å². The fraction of sp³-hybridized carbons (Fsp3) is 0.625. The number of hydrogen-bond donors (Lipinski definition) is 9. The largest absolute Gasteiger partial charge is 0.508 e. The zero-order valence-corrected chi connectivity index (χ0v) is 37.8. The molecule has 6 rings (SSSR count). The van der Waals surface area contributed by atoms with Crippen molar-refractivity contribution in [1.29, 1.82) is 0 Å². The lowest BCUT2D eigenvalue weighted by molar-refractivity contribution is -0.150. The highest BCUT2D eigenvalue weighted by Gasteiger charge is 2.58. The minimum absolute atomic E-state index is 0.00669. The SMILES string of the molecule is CC(C)[C@H](N)C(=O)N[C@@H](CCCNC(N)=O)C(=O)N[C@@H](CO)C(=O)Nc1ccc2c(c1)[C@@]1(C)CCC[C@](C)(C(=O)NC(=O)[C@@]3(C)CCC[C@]4(C)c5cc(O)ccc5CC[C@@H]34)[C@@H]1CC2. The lowest BCUT2D eigenvalue weighted by Crippen LogP contribution is -2.60. The molecule has 0 unspecified atom stereocenters. The second kappa shape index (κ2) is 18.6. The van der Waals surface area contributed by atoms with Gasteiger partial charge < -0.3 is 42.9 Å². The van der Waals surface area contributed by atoms with Gasteiger partial charge in [-0.05, 0) is 139 Å². The zero-order valence-electron chi connectivity index (χ0n) is 37.8. The first kappa shape index (κ1) is 47.5. The summed E-state index contributed by atoms with van der Waals surface area (Å²) >= 11 is 0. The molecule has 15 heteroatoms. The fourth-order valence-corrected chi connectivity index (χ4v) is 12.0. The Hall–Kier alpha value is -5.02. The number of nitrogens with two attached hydrogens (primary N) is 2. The topological polar surface area (TPSA) is 255 Å². The third-order valence-electron chi connectivity index (χ3n) is 15.7. The summed E-state index contributed by atoms with van der Waals surface area (Å²) in [4.78, 5) is 80.4. The Morgan fingerprint density at radius 2 is 1.29 bits per heavy atom. The van der Waals surface area contributed by atoms with Gasteiger partial charge in [0.05, 0.1) is 23.5 Å². The Morgan fingerprint density at radius 1 is 0.746 bits per heavy atom. The van der Waals surface area contributed by atoms with Gasteiger partial charge in [-0.1, -0.05) is 66.5 Å². The highest BCUT2D eigenvalue weighted by Crippen LogP contribution is 2.60. The van der Waals surface area contributed by atoms with Crippen LogP contribution in [-0.2, 0) is 47.6 Å². The van der Waals surface area contributed by atoms with Gasteiger partial charge in [-0.3, -0.25) is 29.3 Å². The van der Waals surface area contributed by atoms with Crippen LogP contribution < -0.4 is 38.1 Å². The maximum Gasteiger partial charge on any atom is 0.312 e. The number of phenols is 1. The standard InChI is InChI=1S/C48H69N7O8/c1-27(2)38(49)41(60)53-34(10-7-23-51-44(50)63)39(58)54-35(26-56)40(59)52-30-15-11-28-13-17-36-45(3,32(28)24-30)19-8-21-47(36,5)42(61)55-43(62)48(6)22-9-20-46(4)33-25-31(57)16-12-29(33)14-18-37(46)48/h11-12,15-16,24-25,27,34-38,56-57H,7-10,13-14,17-23,26,49H2,1-6H3,(H,52,59)(H,53,60)(H,54,58)(H3,50,51,63)(H,55,61,62)/t34-,35-,36+,37+,38-,45+,46+,47-,48-/m0/s1. The molecule has 0 saturated heterocycles. The highest BCUT2D eigenvalue weighted by atomic mass is 16.3. The van der Waals surface area contributed by atoms with Crippen LogP contribution in [0.3, 0.4) is 0 Å². The molecule has 2 aromatic rings. The van der Waals surface area contributed by atoms with Crippen LogP contribution in [0.25, 0.3) is 0 Å². The number of aryl methyl sites for hydroxylation is 2. The number of hydrogen-bond acceptors (Lipinski definition) is 9. The van der Waals surface area contributed by atoms with Gasteiger partial charge in [0.15, 0.2) is 0 Å². The number of urea groups is 1. The van der Waals surface area contributed by atoms with Gasteiger partial charge in [-0.15, -0.1) is 0 Å². The Morgan fingerprint density at radius 3 is 1.83 bits per heavy atom. The van der Waals surface area contributed by atoms with Gasteiger partial charge >= 0.3 is 6.03 Å².